The SMILES string of the molecule is CC1CN(Cc2ccc3c(c2)CCCN3C)CC1N. The molecule has 2 N–H and O–H groups in total. The molecule has 104 valence electrons. The van der Waals surface area contributed by atoms with Crippen LogP contribution in [-0.2, 0) is 13.0 Å². The highest BCUT2D eigenvalue weighted by atomic mass is 15.2. The Morgan fingerprint density at radius 3 is 2.89 bits per heavy atom. The minimum absolute atomic E-state index is 0.351. The van der Waals surface area contributed by atoms with Crippen LogP contribution in [0.3, 0.4) is 0 Å². The molecule has 0 radical (unpaired) electrons. The van der Waals surface area contributed by atoms with Crippen molar-refractivity contribution in [1.82, 2.24) is 4.90 Å². The van der Waals surface area contributed by atoms with Crippen molar-refractivity contribution in [3.05, 3.63) is 29.3 Å². The molecule has 1 aromatic rings. The van der Waals surface area contributed by atoms with Gasteiger partial charge in [-0.05, 0) is 36.0 Å². The molecule has 2 heterocycles. The summed E-state index contributed by atoms with van der Waals surface area (Å²) in [6.45, 7) is 6.67. The fourth-order valence-electron chi connectivity index (χ4n) is 3.42. The van der Waals surface area contributed by atoms with Crippen LogP contribution in [0.5, 0.6) is 0 Å². The molecule has 2 unspecified atom stereocenters. The Bertz CT molecular complexity index is 447. The molecule has 3 rings (SSSR count). The van der Waals surface area contributed by atoms with E-state index in [2.05, 4.69) is 42.0 Å². The Morgan fingerprint density at radius 2 is 2.16 bits per heavy atom. The topological polar surface area (TPSA) is 32.5 Å². The van der Waals surface area contributed by atoms with Gasteiger partial charge < -0.3 is 10.6 Å². The minimum Gasteiger partial charge on any atom is -0.374 e. The lowest BCUT2D eigenvalue weighted by Crippen LogP contribution is -2.28. The van der Waals surface area contributed by atoms with Gasteiger partial charge in [-0.3, -0.25) is 4.90 Å². The van der Waals surface area contributed by atoms with Gasteiger partial charge in [0.2, 0.25) is 0 Å². The van der Waals surface area contributed by atoms with Crippen LogP contribution in [0.25, 0.3) is 0 Å². The summed E-state index contributed by atoms with van der Waals surface area (Å²) in [7, 11) is 2.19. The molecule has 19 heavy (non-hydrogen) atoms. The minimum atomic E-state index is 0.351. The average Bonchev–Trinajstić information content (AvgIpc) is 2.68. The van der Waals surface area contributed by atoms with Crippen LogP contribution in [-0.4, -0.2) is 37.6 Å². The van der Waals surface area contributed by atoms with Gasteiger partial charge in [0, 0.05) is 45.0 Å². The van der Waals surface area contributed by atoms with Gasteiger partial charge in [0.05, 0.1) is 0 Å². The van der Waals surface area contributed by atoms with Crippen molar-refractivity contribution in [2.24, 2.45) is 11.7 Å². The molecule has 3 nitrogen and oxygen atoms in total. The first kappa shape index (κ1) is 12.9. The smallest absolute Gasteiger partial charge is 0.0396 e. The maximum atomic E-state index is 6.10. The third-order valence-electron chi connectivity index (χ3n) is 4.65. The Morgan fingerprint density at radius 1 is 1.32 bits per heavy atom. The van der Waals surface area contributed by atoms with E-state index in [4.69, 9.17) is 5.73 Å². The Balaban J connectivity index is 1.72. The number of fused-ring (bicyclic) bond motifs is 1. The van der Waals surface area contributed by atoms with Crippen LogP contribution in [0.1, 0.15) is 24.5 Å². The van der Waals surface area contributed by atoms with Gasteiger partial charge in [-0.1, -0.05) is 19.1 Å². The van der Waals surface area contributed by atoms with Gasteiger partial charge >= 0.3 is 0 Å². The zero-order valence-corrected chi connectivity index (χ0v) is 12.1. The summed E-state index contributed by atoms with van der Waals surface area (Å²) in [5, 5.41) is 0. The molecule has 0 bridgehead atoms. The highest BCUT2D eigenvalue weighted by molar-refractivity contribution is 5.56. The quantitative estimate of drug-likeness (QED) is 0.880. The lowest BCUT2D eigenvalue weighted by molar-refractivity contribution is 0.319. The van der Waals surface area contributed by atoms with Gasteiger partial charge in [0.15, 0.2) is 0 Å². The Kier molecular flexibility index (Phi) is 3.50. The number of likely N-dealkylation sites (tertiary alicyclic amines) is 1. The van der Waals surface area contributed by atoms with Crippen LogP contribution in [0.15, 0.2) is 18.2 Å². The lowest BCUT2D eigenvalue weighted by atomic mass is 9.99. The zero-order valence-electron chi connectivity index (χ0n) is 12.1. The largest absolute Gasteiger partial charge is 0.374 e. The zero-order chi connectivity index (χ0) is 13.4. The second kappa shape index (κ2) is 5.14. The molecule has 2 aliphatic rings. The van der Waals surface area contributed by atoms with Crippen LogP contribution < -0.4 is 10.6 Å². The van der Waals surface area contributed by atoms with Crippen molar-refractivity contribution in [1.29, 1.82) is 0 Å². The van der Waals surface area contributed by atoms with Crippen molar-refractivity contribution in [3.63, 3.8) is 0 Å². The van der Waals surface area contributed by atoms with E-state index in [1.54, 1.807) is 0 Å². The van der Waals surface area contributed by atoms with E-state index in [0.29, 0.717) is 12.0 Å². The molecule has 1 saturated heterocycles. The highest BCUT2D eigenvalue weighted by Gasteiger charge is 2.26. The maximum Gasteiger partial charge on any atom is 0.0396 e. The molecule has 1 fully saturated rings. The normalized spacial score (nSPS) is 27.6. The van der Waals surface area contributed by atoms with Crippen molar-refractivity contribution < 1.29 is 0 Å². The van der Waals surface area contributed by atoms with Crippen LogP contribution in [0.4, 0.5) is 5.69 Å². The highest BCUT2D eigenvalue weighted by Crippen LogP contribution is 2.27. The third kappa shape index (κ3) is 2.63. The molecule has 0 amide bonds. The molecular formula is C16H25N3. The fourth-order valence-corrected chi connectivity index (χ4v) is 3.42. The summed E-state index contributed by atoms with van der Waals surface area (Å²) in [6.07, 6.45) is 2.50. The number of anilines is 1. The average molecular weight is 259 g/mol. The number of nitrogens with zero attached hydrogens (tertiary/aromatic N) is 2. The number of nitrogens with two attached hydrogens (primary N) is 1. The van der Waals surface area contributed by atoms with E-state index in [1.165, 1.54) is 36.2 Å². The summed E-state index contributed by atoms with van der Waals surface area (Å²) >= 11 is 0. The van der Waals surface area contributed by atoms with Gasteiger partial charge in [-0.2, -0.15) is 0 Å². The fraction of sp³-hybridized carbons (Fsp3) is 0.625. The van der Waals surface area contributed by atoms with E-state index < -0.39 is 0 Å². The third-order valence-corrected chi connectivity index (χ3v) is 4.65. The second-order valence-corrected chi connectivity index (χ2v) is 6.32. The van der Waals surface area contributed by atoms with Crippen LogP contribution >= 0.6 is 0 Å². The Hall–Kier alpha value is -1.06. The number of rotatable bonds is 2. The molecule has 2 atom stereocenters. The lowest BCUT2D eigenvalue weighted by Gasteiger charge is -2.28. The summed E-state index contributed by atoms with van der Waals surface area (Å²) in [5.41, 5.74) is 10.5. The van der Waals surface area contributed by atoms with Crippen molar-refractivity contribution in [2.75, 3.05) is 31.6 Å². The van der Waals surface area contributed by atoms with E-state index in [0.717, 1.165) is 19.6 Å². The molecule has 2 aliphatic heterocycles. The predicted octanol–water partition coefficient (Wildman–Crippen LogP) is 1.85. The van der Waals surface area contributed by atoms with Gasteiger partial charge in [-0.25, -0.2) is 0 Å². The number of hydrogen-bond donors (Lipinski definition) is 1. The molecule has 0 aliphatic carbocycles. The van der Waals surface area contributed by atoms with Crippen LogP contribution in [0.2, 0.25) is 0 Å². The van der Waals surface area contributed by atoms with E-state index in [-0.39, 0.29) is 0 Å². The summed E-state index contributed by atoms with van der Waals surface area (Å²) in [6, 6.07) is 7.33. The molecule has 0 spiro atoms. The number of benzene rings is 1. The maximum absolute atomic E-state index is 6.10. The van der Waals surface area contributed by atoms with Crippen molar-refractivity contribution in [3.8, 4) is 0 Å². The van der Waals surface area contributed by atoms with E-state index >= 15 is 0 Å². The first-order valence-electron chi connectivity index (χ1n) is 7.44. The summed E-state index contributed by atoms with van der Waals surface area (Å²) in [4.78, 5) is 4.86. The molecular weight excluding hydrogens is 234 g/mol. The van der Waals surface area contributed by atoms with Gasteiger partial charge in [0.1, 0.15) is 0 Å². The number of aryl methyl sites for hydroxylation is 1. The first-order chi connectivity index (χ1) is 9.13. The van der Waals surface area contributed by atoms with E-state index in [9.17, 15) is 0 Å². The first-order valence-corrected chi connectivity index (χ1v) is 7.44. The standard InChI is InChI=1S/C16H25N3/c1-12-9-19(11-15(12)17)10-13-5-6-16-14(8-13)4-3-7-18(16)2/h5-6,8,12,15H,3-4,7,9-11,17H2,1-2H3. The molecule has 1 aromatic carbocycles. The monoisotopic (exact) mass is 259 g/mol. The van der Waals surface area contributed by atoms with Gasteiger partial charge in [-0.15, -0.1) is 0 Å². The van der Waals surface area contributed by atoms with E-state index in [1.807, 2.05) is 0 Å². The van der Waals surface area contributed by atoms with Gasteiger partial charge in [0.25, 0.3) is 0 Å². The summed E-state index contributed by atoms with van der Waals surface area (Å²) < 4.78 is 0. The van der Waals surface area contributed by atoms with Crippen molar-refractivity contribution in [2.45, 2.75) is 32.4 Å². The van der Waals surface area contributed by atoms with Crippen molar-refractivity contribution >= 4 is 5.69 Å². The summed E-state index contributed by atoms with van der Waals surface area (Å²) in [5.74, 6) is 0.628. The Labute approximate surface area is 116 Å². The molecule has 0 saturated carbocycles. The number of hydrogen-bond acceptors (Lipinski definition) is 3. The van der Waals surface area contributed by atoms with Crippen LogP contribution in [0, 0.1) is 5.92 Å². The second-order valence-electron chi connectivity index (χ2n) is 6.32. The molecule has 0 aromatic heterocycles. The predicted molar refractivity (Wildman–Crippen MR) is 80.4 cm³/mol. The molecule has 3 heteroatoms.